The molecular formula is C17H32O2. The highest BCUT2D eigenvalue weighted by atomic mass is 16.4. The summed E-state index contributed by atoms with van der Waals surface area (Å²) in [4.78, 5) is 0. The van der Waals surface area contributed by atoms with Crippen molar-refractivity contribution >= 4 is 0 Å². The second-order valence-electron chi connectivity index (χ2n) is 6.95. The summed E-state index contributed by atoms with van der Waals surface area (Å²) in [5, 5.41) is 9.08. The van der Waals surface area contributed by atoms with Gasteiger partial charge in [0.25, 0.3) is 0 Å². The van der Waals surface area contributed by atoms with Crippen molar-refractivity contribution in [2.45, 2.75) is 47.5 Å². The fourth-order valence-corrected chi connectivity index (χ4v) is 3.96. The fraction of sp³-hybridized carbons (Fsp3) is 0.765. The third kappa shape index (κ3) is 5.12. The highest BCUT2D eigenvalue weighted by Crippen LogP contribution is 2.52. The van der Waals surface area contributed by atoms with Crippen LogP contribution in [0.2, 0.25) is 0 Å². The lowest BCUT2D eigenvalue weighted by molar-refractivity contribution is 0.118. The maximum atomic E-state index is 9.08. The Morgan fingerprint density at radius 2 is 1.84 bits per heavy atom. The van der Waals surface area contributed by atoms with Crippen LogP contribution in [0.5, 0.6) is 0 Å². The van der Waals surface area contributed by atoms with Crippen LogP contribution in [0.4, 0.5) is 0 Å². The maximum absolute atomic E-state index is 9.08. The van der Waals surface area contributed by atoms with Crippen LogP contribution in [0.1, 0.15) is 47.5 Å². The first-order chi connectivity index (χ1) is 8.62. The molecule has 0 aromatic rings. The van der Waals surface area contributed by atoms with Crippen molar-refractivity contribution in [3.8, 4) is 0 Å². The van der Waals surface area contributed by atoms with Gasteiger partial charge in [0.15, 0.2) is 0 Å². The molecule has 1 rings (SSSR count). The van der Waals surface area contributed by atoms with Gasteiger partial charge in [0, 0.05) is 20.8 Å². The smallest absolute Gasteiger partial charge is 0.0468 e. The van der Waals surface area contributed by atoms with Crippen molar-refractivity contribution in [3.05, 3.63) is 23.8 Å². The van der Waals surface area contributed by atoms with E-state index in [1.807, 2.05) is 0 Å². The van der Waals surface area contributed by atoms with E-state index < -0.39 is 0 Å². The minimum absolute atomic E-state index is 0.151. The number of rotatable bonds is 3. The van der Waals surface area contributed by atoms with Gasteiger partial charge in [-0.15, -0.1) is 0 Å². The molecule has 0 saturated heterocycles. The van der Waals surface area contributed by atoms with E-state index in [2.05, 4.69) is 52.0 Å². The third-order valence-corrected chi connectivity index (χ3v) is 3.72. The average Bonchev–Trinajstić information content (AvgIpc) is 2.13. The SMILES string of the molecule is C=C(CCO)C1C(C)(C)C=C(C)CC1(C)C.COC. The van der Waals surface area contributed by atoms with E-state index in [1.54, 1.807) is 14.2 Å². The summed E-state index contributed by atoms with van der Waals surface area (Å²) in [5.41, 5.74) is 3.07. The number of ether oxygens (including phenoxy) is 1. The standard InChI is InChI=1S/C15H26O.C2H6O/c1-11-9-14(3,4)13(12(2)7-8-16)15(5,6)10-11;1-3-2/h9,13,16H,2,7-8,10H2,1,3-6H3;1-2H3. The highest BCUT2D eigenvalue weighted by Gasteiger charge is 2.43. The lowest BCUT2D eigenvalue weighted by Gasteiger charge is -2.48. The molecule has 112 valence electrons. The molecule has 2 nitrogen and oxygen atoms in total. The summed E-state index contributed by atoms with van der Waals surface area (Å²) >= 11 is 0. The molecule has 0 heterocycles. The van der Waals surface area contributed by atoms with Gasteiger partial charge in [-0.25, -0.2) is 0 Å². The van der Waals surface area contributed by atoms with Gasteiger partial charge in [0.2, 0.25) is 0 Å². The maximum Gasteiger partial charge on any atom is 0.0468 e. The Balaban J connectivity index is 0.000000982. The zero-order chi connectivity index (χ0) is 15.3. The third-order valence-electron chi connectivity index (χ3n) is 3.72. The van der Waals surface area contributed by atoms with Crippen molar-refractivity contribution < 1.29 is 9.84 Å². The molecule has 0 aromatic carbocycles. The molecule has 0 aliphatic heterocycles. The van der Waals surface area contributed by atoms with Crippen LogP contribution in [-0.2, 0) is 4.74 Å². The van der Waals surface area contributed by atoms with Gasteiger partial charge in [-0.05, 0) is 36.5 Å². The fourth-order valence-electron chi connectivity index (χ4n) is 3.96. The second-order valence-corrected chi connectivity index (χ2v) is 6.95. The van der Waals surface area contributed by atoms with Crippen LogP contribution >= 0.6 is 0 Å². The van der Waals surface area contributed by atoms with Gasteiger partial charge in [0.05, 0.1) is 0 Å². The van der Waals surface area contributed by atoms with Crippen LogP contribution in [-0.4, -0.2) is 25.9 Å². The lowest BCUT2D eigenvalue weighted by atomic mass is 9.56. The van der Waals surface area contributed by atoms with Gasteiger partial charge in [-0.1, -0.05) is 51.5 Å². The van der Waals surface area contributed by atoms with E-state index in [-0.39, 0.29) is 17.4 Å². The molecule has 1 unspecified atom stereocenters. The van der Waals surface area contributed by atoms with Crippen molar-refractivity contribution in [2.75, 3.05) is 20.8 Å². The molecule has 0 radical (unpaired) electrons. The van der Waals surface area contributed by atoms with E-state index in [0.29, 0.717) is 5.92 Å². The van der Waals surface area contributed by atoms with Crippen LogP contribution in [0.3, 0.4) is 0 Å². The number of aliphatic hydroxyl groups is 1. The van der Waals surface area contributed by atoms with Crippen LogP contribution in [0.25, 0.3) is 0 Å². The van der Waals surface area contributed by atoms with E-state index in [4.69, 9.17) is 5.11 Å². The Labute approximate surface area is 119 Å². The van der Waals surface area contributed by atoms with Crippen LogP contribution in [0.15, 0.2) is 23.8 Å². The highest BCUT2D eigenvalue weighted by molar-refractivity contribution is 5.23. The first kappa shape index (κ1) is 18.4. The summed E-state index contributed by atoms with van der Waals surface area (Å²) in [7, 11) is 3.25. The quantitative estimate of drug-likeness (QED) is 0.777. The Morgan fingerprint density at radius 1 is 1.37 bits per heavy atom. The average molecular weight is 268 g/mol. The summed E-state index contributed by atoms with van der Waals surface area (Å²) in [6.07, 6.45) is 4.24. The lowest BCUT2D eigenvalue weighted by Crippen LogP contribution is -2.40. The zero-order valence-electron chi connectivity index (χ0n) is 13.8. The van der Waals surface area contributed by atoms with E-state index >= 15 is 0 Å². The molecule has 1 atom stereocenters. The van der Waals surface area contributed by atoms with Crippen molar-refractivity contribution in [1.29, 1.82) is 0 Å². The minimum Gasteiger partial charge on any atom is -0.396 e. The molecule has 19 heavy (non-hydrogen) atoms. The predicted octanol–water partition coefficient (Wildman–Crippen LogP) is 4.21. The van der Waals surface area contributed by atoms with E-state index in [9.17, 15) is 0 Å². The van der Waals surface area contributed by atoms with Gasteiger partial charge >= 0.3 is 0 Å². The molecule has 1 aliphatic rings. The van der Waals surface area contributed by atoms with E-state index in [0.717, 1.165) is 12.8 Å². The molecule has 0 bridgehead atoms. The molecule has 1 aliphatic carbocycles. The van der Waals surface area contributed by atoms with Gasteiger partial charge in [-0.3, -0.25) is 0 Å². The Hall–Kier alpha value is -0.600. The number of hydrogen-bond acceptors (Lipinski definition) is 2. The second kappa shape index (κ2) is 7.25. The molecular weight excluding hydrogens is 236 g/mol. The molecule has 2 heteroatoms. The van der Waals surface area contributed by atoms with Crippen molar-refractivity contribution in [2.24, 2.45) is 16.7 Å². The molecule has 0 aromatic heterocycles. The number of methoxy groups -OCH3 is 1. The summed E-state index contributed by atoms with van der Waals surface area (Å²) in [6, 6.07) is 0. The summed E-state index contributed by atoms with van der Waals surface area (Å²) in [5.74, 6) is 0.454. The molecule has 0 spiro atoms. The number of hydrogen-bond donors (Lipinski definition) is 1. The first-order valence-corrected chi connectivity index (χ1v) is 6.99. The Morgan fingerprint density at radius 3 is 2.21 bits per heavy atom. The Bertz CT molecular complexity index is 324. The topological polar surface area (TPSA) is 29.5 Å². The Kier molecular flexibility index (Phi) is 7.02. The van der Waals surface area contributed by atoms with Crippen molar-refractivity contribution in [1.82, 2.24) is 0 Å². The first-order valence-electron chi connectivity index (χ1n) is 6.99. The van der Waals surface area contributed by atoms with Crippen LogP contribution in [0, 0.1) is 16.7 Å². The number of allylic oxidation sites excluding steroid dienone is 2. The minimum atomic E-state index is 0.151. The summed E-state index contributed by atoms with van der Waals surface area (Å²) < 4.78 is 4.25. The molecule has 0 saturated carbocycles. The predicted molar refractivity (Wildman–Crippen MR) is 83.2 cm³/mol. The molecule has 0 amide bonds. The molecule has 0 fully saturated rings. The number of aliphatic hydroxyl groups excluding tert-OH is 1. The van der Waals surface area contributed by atoms with E-state index in [1.165, 1.54) is 11.1 Å². The monoisotopic (exact) mass is 268 g/mol. The summed E-state index contributed by atoms with van der Waals surface area (Å²) in [6.45, 7) is 15.8. The van der Waals surface area contributed by atoms with Gasteiger partial charge < -0.3 is 9.84 Å². The van der Waals surface area contributed by atoms with Gasteiger partial charge in [-0.2, -0.15) is 0 Å². The van der Waals surface area contributed by atoms with Crippen LogP contribution < -0.4 is 0 Å². The largest absolute Gasteiger partial charge is 0.396 e. The molecule has 1 N–H and O–H groups in total. The van der Waals surface area contributed by atoms with Crippen molar-refractivity contribution in [3.63, 3.8) is 0 Å². The van der Waals surface area contributed by atoms with Gasteiger partial charge in [0.1, 0.15) is 0 Å². The zero-order valence-corrected chi connectivity index (χ0v) is 13.8. The normalized spacial score (nSPS) is 24.0.